The van der Waals surface area contributed by atoms with E-state index < -0.39 is 21.6 Å². The maximum absolute atomic E-state index is 13.0. The number of carbonyl (C=O) groups excluding carboxylic acids is 1. The second-order valence-corrected chi connectivity index (χ2v) is 12.3. The van der Waals surface area contributed by atoms with Crippen LogP contribution in [0.1, 0.15) is 31.2 Å². The molecule has 0 aliphatic rings. The molecule has 50 heavy (non-hydrogen) atoms. The van der Waals surface area contributed by atoms with Crippen LogP contribution in [-0.4, -0.2) is 130 Å². The van der Waals surface area contributed by atoms with Crippen molar-refractivity contribution in [1.82, 2.24) is 4.90 Å². The largest absolute Gasteiger partial charge is 0.416 e. The summed E-state index contributed by atoms with van der Waals surface area (Å²) in [6, 6.07) is 3.39. The standard InChI is InChI=1S/C30H47F3N7O9S/c31-30(32,33)27-6-8-28(9-7-27)50(42,43)26-4-2-1-3-5-29(41)40(12-16-46-20-24-48-22-18-44-14-10-36-38-34)13-17-47-21-25-49-23-19-45-15-11-37-39-35/h4,6-9H,1-3,5,10-26H2. The molecule has 0 heterocycles. The molecule has 1 rings (SSSR count). The summed E-state index contributed by atoms with van der Waals surface area (Å²) in [6.07, 6.45) is -1.31. The van der Waals surface area contributed by atoms with Crippen molar-refractivity contribution in [2.45, 2.75) is 36.8 Å². The van der Waals surface area contributed by atoms with E-state index in [2.05, 4.69) is 20.1 Å². The number of sulfone groups is 1. The van der Waals surface area contributed by atoms with Gasteiger partial charge in [-0.1, -0.05) is 16.6 Å². The number of unbranched alkanes of at least 4 members (excludes halogenated alkanes) is 3. The number of carbonyl (C=O) groups is 1. The van der Waals surface area contributed by atoms with E-state index in [0.717, 1.165) is 24.3 Å². The summed E-state index contributed by atoms with van der Waals surface area (Å²) in [7, 11) is -3.78. The predicted molar refractivity (Wildman–Crippen MR) is 176 cm³/mol. The van der Waals surface area contributed by atoms with E-state index >= 15 is 0 Å². The first-order valence-corrected chi connectivity index (χ1v) is 17.7. The predicted octanol–water partition coefficient (Wildman–Crippen LogP) is 4.79. The minimum Gasteiger partial charge on any atom is -0.379 e. The van der Waals surface area contributed by atoms with Gasteiger partial charge < -0.3 is 33.3 Å². The molecular weight excluding hydrogens is 691 g/mol. The lowest BCUT2D eigenvalue weighted by Gasteiger charge is -2.23. The first kappa shape index (κ1) is 44.8. The molecule has 16 nitrogen and oxygen atoms in total. The van der Waals surface area contributed by atoms with Gasteiger partial charge in [-0.05, 0) is 54.6 Å². The van der Waals surface area contributed by atoms with E-state index in [9.17, 15) is 26.4 Å². The molecule has 0 fully saturated rings. The van der Waals surface area contributed by atoms with E-state index in [1.807, 2.05) is 0 Å². The van der Waals surface area contributed by atoms with Gasteiger partial charge in [-0.15, -0.1) is 0 Å². The van der Waals surface area contributed by atoms with E-state index in [0.29, 0.717) is 98.4 Å². The van der Waals surface area contributed by atoms with Crippen molar-refractivity contribution >= 4 is 15.7 Å². The molecule has 1 aromatic rings. The molecule has 0 unspecified atom stereocenters. The van der Waals surface area contributed by atoms with Crippen molar-refractivity contribution < 1.29 is 54.8 Å². The molecule has 283 valence electrons. The Bertz CT molecular complexity index is 1210. The monoisotopic (exact) mass is 738 g/mol. The van der Waals surface area contributed by atoms with Crippen LogP contribution in [0.25, 0.3) is 20.9 Å². The molecule has 0 atom stereocenters. The lowest BCUT2D eigenvalue weighted by molar-refractivity contribution is -0.137. The number of nitrogens with zero attached hydrogens (tertiary/aromatic N) is 7. The molecule has 0 N–H and O–H groups in total. The van der Waals surface area contributed by atoms with E-state index in [1.54, 1.807) is 11.3 Å². The van der Waals surface area contributed by atoms with Gasteiger partial charge in [0.2, 0.25) is 5.91 Å². The zero-order valence-corrected chi connectivity index (χ0v) is 28.9. The summed E-state index contributed by atoms with van der Waals surface area (Å²) in [4.78, 5) is 19.7. The molecule has 1 radical (unpaired) electrons. The Labute approximate surface area is 290 Å². The van der Waals surface area contributed by atoms with Crippen LogP contribution in [0, 0.1) is 6.42 Å². The zero-order valence-electron chi connectivity index (χ0n) is 28.1. The third kappa shape index (κ3) is 23.3. The van der Waals surface area contributed by atoms with Gasteiger partial charge in [-0.25, -0.2) is 8.42 Å². The highest BCUT2D eigenvalue weighted by Gasteiger charge is 2.30. The average Bonchev–Trinajstić information content (AvgIpc) is 3.09. The highest BCUT2D eigenvalue weighted by atomic mass is 32.2. The quantitative estimate of drug-likeness (QED) is 0.0430. The van der Waals surface area contributed by atoms with E-state index in [-0.39, 0.29) is 49.3 Å². The number of halogens is 3. The van der Waals surface area contributed by atoms with Gasteiger partial charge in [0.25, 0.3) is 0 Å². The minimum absolute atomic E-state index is 0.113. The second kappa shape index (κ2) is 28.5. The van der Waals surface area contributed by atoms with Gasteiger partial charge in [-0.2, -0.15) is 13.2 Å². The number of azide groups is 2. The number of benzene rings is 1. The van der Waals surface area contributed by atoms with Crippen molar-refractivity contribution in [1.29, 1.82) is 0 Å². The van der Waals surface area contributed by atoms with Crippen LogP contribution in [0.5, 0.6) is 0 Å². The van der Waals surface area contributed by atoms with E-state index in [4.69, 9.17) is 39.5 Å². The van der Waals surface area contributed by atoms with Crippen LogP contribution in [0.2, 0.25) is 0 Å². The molecule has 0 bridgehead atoms. The Morgan fingerprint density at radius 2 is 1.16 bits per heavy atom. The van der Waals surface area contributed by atoms with Crippen LogP contribution in [0.15, 0.2) is 39.4 Å². The van der Waals surface area contributed by atoms with Crippen LogP contribution in [-0.2, 0) is 49.2 Å². The maximum atomic E-state index is 13.0. The summed E-state index contributed by atoms with van der Waals surface area (Å²) >= 11 is 0. The summed E-state index contributed by atoms with van der Waals surface area (Å²) < 4.78 is 95.8. The Hall–Kier alpha value is -3.19. The second-order valence-electron chi connectivity index (χ2n) is 10.3. The fourth-order valence-electron chi connectivity index (χ4n) is 4.00. The van der Waals surface area contributed by atoms with Gasteiger partial charge in [0.1, 0.15) is 0 Å². The van der Waals surface area contributed by atoms with Gasteiger partial charge in [-0.3, -0.25) is 4.79 Å². The topological polar surface area (TPSA) is 207 Å². The van der Waals surface area contributed by atoms with Crippen LogP contribution >= 0.6 is 0 Å². The number of rotatable bonds is 32. The fourth-order valence-corrected chi connectivity index (χ4v) is 5.22. The molecule has 0 saturated heterocycles. The number of alkyl halides is 3. The third-order valence-corrected chi connectivity index (χ3v) is 8.24. The molecule has 0 spiro atoms. The van der Waals surface area contributed by atoms with Gasteiger partial charge in [0.05, 0.1) is 95.5 Å². The molecule has 20 heteroatoms. The van der Waals surface area contributed by atoms with Crippen LogP contribution < -0.4 is 0 Å². The van der Waals surface area contributed by atoms with Crippen molar-refractivity contribution in [3.05, 3.63) is 57.1 Å². The lowest BCUT2D eigenvalue weighted by Crippen LogP contribution is -2.37. The van der Waals surface area contributed by atoms with Gasteiger partial charge in [0, 0.05) is 42.4 Å². The zero-order chi connectivity index (χ0) is 36.8. The SMILES string of the molecule is [N-]=[N+]=NCCOCCOCCOCCN(CCOCCOCCOCCN=[N+]=[N-])C(=O)CCCC[CH]CS(=O)(=O)c1ccc(C(F)(F)F)cc1. The molecule has 0 saturated carbocycles. The average molecular weight is 739 g/mol. The van der Waals surface area contributed by atoms with E-state index in [1.165, 1.54) is 0 Å². The Balaban J connectivity index is 2.37. The number of amides is 1. The molecule has 1 aromatic carbocycles. The summed E-state index contributed by atoms with van der Waals surface area (Å²) in [5.74, 6) is -0.437. The number of hydrogen-bond acceptors (Lipinski definition) is 11. The fraction of sp³-hybridized carbons (Fsp3) is 0.733. The molecule has 0 aromatic heterocycles. The summed E-state index contributed by atoms with van der Waals surface area (Å²) in [5, 5.41) is 6.73. The van der Waals surface area contributed by atoms with Crippen molar-refractivity contribution in [3.8, 4) is 0 Å². The summed E-state index contributed by atoms with van der Waals surface area (Å²) in [5.41, 5.74) is 15.5. The van der Waals surface area contributed by atoms with Crippen LogP contribution in [0.4, 0.5) is 13.2 Å². The summed E-state index contributed by atoms with van der Waals surface area (Å²) in [6.45, 7) is 5.05. The molecular formula is C30H47F3N7O9S. The Kier molecular flexibility index (Phi) is 25.6. The Morgan fingerprint density at radius 3 is 1.60 bits per heavy atom. The minimum atomic E-state index is -4.55. The number of hydrogen-bond donors (Lipinski definition) is 0. The van der Waals surface area contributed by atoms with Gasteiger partial charge >= 0.3 is 6.18 Å². The van der Waals surface area contributed by atoms with Crippen molar-refractivity contribution in [3.63, 3.8) is 0 Å². The highest BCUT2D eigenvalue weighted by Crippen LogP contribution is 2.30. The third-order valence-electron chi connectivity index (χ3n) is 6.58. The van der Waals surface area contributed by atoms with Crippen molar-refractivity contribution in [2.24, 2.45) is 10.2 Å². The number of ether oxygens (including phenoxy) is 6. The maximum Gasteiger partial charge on any atom is 0.416 e. The Morgan fingerprint density at radius 1 is 0.720 bits per heavy atom. The smallest absolute Gasteiger partial charge is 0.379 e. The molecule has 1 amide bonds. The normalized spacial score (nSPS) is 11.6. The van der Waals surface area contributed by atoms with Crippen LogP contribution in [0.3, 0.4) is 0 Å². The lowest BCUT2D eigenvalue weighted by atomic mass is 10.1. The van der Waals surface area contributed by atoms with Gasteiger partial charge in [0.15, 0.2) is 9.84 Å². The first-order valence-electron chi connectivity index (χ1n) is 16.1. The first-order chi connectivity index (χ1) is 24.1. The molecule has 0 aliphatic carbocycles. The molecule has 0 aliphatic heterocycles. The highest BCUT2D eigenvalue weighted by molar-refractivity contribution is 7.91. The van der Waals surface area contributed by atoms with Crippen molar-refractivity contribution in [2.75, 3.05) is 111 Å².